The van der Waals surface area contributed by atoms with Gasteiger partial charge in [-0.2, -0.15) is 0 Å². The van der Waals surface area contributed by atoms with E-state index in [-0.39, 0.29) is 5.91 Å². The van der Waals surface area contributed by atoms with E-state index < -0.39 is 0 Å². The van der Waals surface area contributed by atoms with Crippen LogP contribution in [0.25, 0.3) is 0 Å². The van der Waals surface area contributed by atoms with Crippen molar-refractivity contribution in [3.05, 3.63) is 0 Å². The number of nitrogens with zero attached hydrogens (tertiary/aromatic N) is 2. The zero-order chi connectivity index (χ0) is 11.3. The van der Waals surface area contributed by atoms with Crippen LogP contribution in [-0.4, -0.2) is 61.0 Å². The van der Waals surface area contributed by atoms with Crippen molar-refractivity contribution < 1.29 is 4.79 Å². The van der Waals surface area contributed by atoms with Crippen LogP contribution in [0.1, 0.15) is 20.8 Å². The molecule has 1 atom stereocenters. The Bertz CT molecular complexity index is 208. The summed E-state index contributed by atoms with van der Waals surface area (Å²) in [6.07, 6.45) is 0. The Hall–Kier alpha value is -0.610. The Kier molecular flexibility index (Phi) is 5.05. The van der Waals surface area contributed by atoms with E-state index >= 15 is 0 Å². The predicted octanol–water partition coefficient (Wildman–Crippen LogP) is 0.149. The Morgan fingerprint density at radius 3 is 2.60 bits per heavy atom. The summed E-state index contributed by atoms with van der Waals surface area (Å²) in [5.41, 5.74) is 0. The van der Waals surface area contributed by atoms with Gasteiger partial charge in [0.25, 0.3) is 0 Å². The summed E-state index contributed by atoms with van der Waals surface area (Å²) in [7, 11) is 0. The first-order valence-electron chi connectivity index (χ1n) is 5.88. The van der Waals surface area contributed by atoms with Gasteiger partial charge in [-0.25, -0.2) is 0 Å². The van der Waals surface area contributed by atoms with Crippen LogP contribution in [0.2, 0.25) is 0 Å². The van der Waals surface area contributed by atoms with Gasteiger partial charge in [0.05, 0.1) is 0 Å². The van der Waals surface area contributed by atoms with Gasteiger partial charge < -0.3 is 10.2 Å². The first kappa shape index (κ1) is 12.5. The first-order chi connectivity index (χ1) is 7.17. The molecule has 4 heteroatoms. The number of rotatable bonds is 4. The molecule has 1 fully saturated rings. The van der Waals surface area contributed by atoms with Crippen LogP contribution in [0, 0.1) is 0 Å². The van der Waals surface area contributed by atoms with Crippen molar-refractivity contribution in [3.8, 4) is 0 Å². The van der Waals surface area contributed by atoms with E-state index in [1.54, 1.807) is 6.92 Å². The standard InChI is InChI=1S/C11H23N3O/c1-4-13-6-7-14(5-2)11(9-13)8-12-10(3)15/h11H,4-9H2,1-3H3,(H,12,15). The number of nitrogens with one attached hydrogen (secondary N) is 1. The fraction of sp³-hybridized carbons (Fsp3) is 0.909. The van der Waals surface area contributed by atoms with Gasteiger partial charge >= 0.3 is 0 Å². The van der Waals surface area contributed by atoms with Crippen LogP contribution in [0.5, 0.6) is 0 Å². The first-order valence-corrected chi connectivity index (χ1v) is 5.88. The zero-order valence-corrected chi connectivity index (χ0v) is 10.1. The average Bonchev–Trinajstić information content (AvgIpc) is 2.25. The summed E-state index contributed by atoms with van der Waals surface area (Å²) < 4.78 is 0. The molecule has 4 nitrogen and oxygen atoms in total. The number of piperazine rings is 1. The van der Waals surface area contributed by atoms with Crippen LogP contribution in [0.3, 0.4) is 0 Å². The van der Waals surface area contributed by atoms with Crippen molar-refractivity contribution in [1.29, 1.82) is 0 Å². The smallest absolute Gasteiger partial charge is 0.216 e. The van der Waals surface area contributed by atoms with Crippen LogP contribution in [0.4, 0.5) is 0 Å². The van der Waals surface area contributed by atoms with Crippen molar-refractivity contribution in [2.75, 3.05) is 39.3 Å². The number of carbonyl (C=O) groups is 1. The quantitative estimate of drug-likeness (QED) is 0.722. The molecule has 1 rings (SSSR count). The highest BCUT2D eigenvalue weighted by molar-refractivity contribution is 5.72. The van der Waals surface area contributed by atoms with E-state index in [9.17, 15) is 4.79 Å². The highest BCUT2D eigenvalue weighted by Gasteiger charge is 2.24. The molecule has 0 aliphatic carbocycles. The van der Waals surface area contributed by atoms with E-state index in [2.05, 4.69) is 29.0 Å². The maximum absolute atomic E-state index is 10.9. The van der Waals surface area contributed by atoms with Crippen molar-refractivity contribution in [1.82, 2.24) is 15.1 Å². The molecule has 1 aliphatic rings. The highest BCUT2D eigenvalue weighted by atomic mass is 16.1. The van der Waals surface area contributed by atoms with Gasteiger partial charge in [0.2, 0.25) is 5.91 Å². The second-order valence-corrected chi connectivity index (χ2v) is 4.11. The maximum atomic E-state index is 10.9. The minimum atomic E-state index is 0.0691. The molecule has 0 radical (unpaired) electrons. The highest BCUT2D eigenvalue weighted by Crippen LogP contribution is 2.08. The second kappa shape index (κ2) is 6.08. The van der Waals surface area contributed by atoms with Crippen molar-refractivity contribution in [2.45, 2.75) is 26.8 Å². The Morgan fingerprint density at radius 2 is 2.07 bits per heavy atom. The lowest BCUT2D eigenvalue weighted by Crippen LogP contribution is -2.56. The molecule has 1 unspecified atom stereocenters. The monoisotopic (exact) mass is 213 g/mol. The van der Waals surface area contributed by atoms with Gasteiger partial charge in [-0.3, -0.25) is 9.69 Å². The summed E-state index contributed by atoms with van der Waals surface area (Å²) in [5.74, 6) is 0.0691. The molecular weight excluding hydrogens is 190 g/mol. The summed E-state index contributed by atoms with van der Waals surface area (Å²) >= 11 is 0. The molecule has 1 N–H and O–H groups in total. The molecule has 0 bridgehead atoms. The van der Waals surface area contributed by atoms with Crippen molar-refractivity contribution in [2.24, 2.45) is 0 Å². The van der Waals surface area contributed by atoms with Gasteiger partial charge in [-0.05, 0) is 13.1 Å². The van der Waals surface area contributed by atoms with Gasteiger partial charge in [0.15, 0.2) is 0 Å². The minimum Gasteiger partial charge on any atom is -0.355 e. The molecular formula is C11H23N3O. The molecule has 1 heterocycles. The largest absolute Gasteiger partial charge is 0.355 e. The number of hydrogen-bond acceptors (Lipinski definition) is 3. The van der Waals surface area contributed by atoms with Crippen LogP contribution >= 0.6 is 0 Å². The van der Waals surface area contributed by atoms with Gasteiger partial charge in [0, 0.05) is 39.1 Å². The molecule has 1 amide bonds. The number of carbonyl (C=O) groups excluding carboxylic acids is 1. The summed E-state index contributed by atoms with van der Waals surface area (Å²) in [6.45, 7) is 12.3. The number of hydrogen-bond donors (Lipinski definition) is 1. The van der Waals surface area contributed by atoms with Crippen LogP contribution in [-0.2, 0) is 4.79 Å². The van der Waals surface area contributed by atoms with E-state index in [0.717, 1.165) is 39.3 Å². The normalized spacial score (nSPS) is 24.1. The predicted molar refractivity (Wildman–Crippen MR) is 61.8 cm³/mol. The van der Waals surface area contributed by atoms with Crippen molar-refractivity contribution in [3.63, 3.8) is 0 Å². The second-order valence-electron chi connectivity index (χ2n) is 4.11. The Labute approximate surface area is 92.6 Å². The van der Waals surface area contributed by atoms with Gasteiger partial charge in [-0.1, -0.05) is 13.8 Å². The van der Waals surface area contributed by atoms with E-state index in [1.165, 1.54) is 0 Å². The SMILES string of the molecule is CCN1CCN(CC)C(CNC(C)=O)C1. The lowest BCUT2D eigenvalue weighted by atomic mass is 10.1. The Morgan fingerprint density at radius 1 is 1.33 bits per heavy atom. The summed E-state index contributed by atoms with van der Waals surface area (Å²) in [6, 6.07) is 0.479. The molecule has 0 aromatic heterocycles. The molecule has 1 aliphatic heterocycles. The molecule has 1 saturated heterocycles. The van der Waals surface area contributed by atoms with Crippen LogP contribution in [0.15, 0.2) is 0 Å². The lowest BCUT2D eigenvalue weighted by molar-refractivity contribution is -0.119. The van der Waals surface area contributed by atoms with E-state index in [4.69, 9.17) is 0 Å². The number of likely N-dealkylation sites (N-methyl/N-ethyl adjacent to an activating group) is 2. The van der Waals surface area contributed by atoms with Crippen LogP contribution < -0.4 is 5.32 Å². The van der Waals surface area contributed by atoms with E-state index in [1.807, 2.05) is 0 Å². The third-order valence-corrected chi connectivity index (χ3v) is 3.13. The topological polar surface area (TPSA) is 35.6 Å². The maximum Gasteiger partial charge on any atom is 0.216 e. The summed E-state index contributed by atoms with van der Waals surface area (Å²) in [4.78, 5) is 15.8. The van der Waals surface area contributed by atoms with E-state index in [0.29, 0.717) is 6.04 Å². The molecule has 0 aromatic rings. The number of amides is 1. The molecule has 88 valence electrons. The van der Waals surface area contributed by atoms with Crippen molar-refractivity contribution >= 4 is 5.91 Å². The van der Waals surface area contributed by atoms with Gasteiger partial charge in [0.1, 0.15) is 0 Å². The minimum absolute atomic E-state index is 0.0691. The fourth-order valence-corrected chi connectivity index (χ4v) is 2.12. The fourth-order valence-electron chi connectivity index (χ4n) is 2.12. The molecule has 0 aromatic carbocycles. The van der Waals surface area contributed by atoms with Gasteiger partial charge in [-0.15, -0.1) is 0 Å². The third-order valence-electron chi connectivity index (χ3n) is 3.13. The Balaban J connectivity index is 2.43. The third kappa shape index (κ3) is 3.80. The lowest BCUT2D eigenvalue weighted by Gasteiger charge is -2.40. The molecule has 0 spiro atoms. The molecule has 0 saturated carbocycles. The average molecular weight is 213 g/mol. The zero-order valence-electron chi connectivity index (χ0n) is 10.1. The summed E-state index contributed by atoms with van der Waals surface area (Å²) in [5, 5.41) is 2.92. The molecule has 15 heavy (non-hydrogen) atoms.